The fraction of sp³-hybridized carbons (Fsp3) is 0.500. The van der Waals surface area contributed by atoms with Gasteiger partial charge in [-0.2, -0.15) is 0 Å². The van der Waals surface area contributed by atoms with Crippen molar-refractivity contribution in [3.8, 4) is 0 Å². The number of aryl methyl sites for hydroxylation is 1. The van der Waals surface area contributed by atoms with Crippen molar-refractivity contribution < 1.29 is 14.3 Å². The van der Waals surface area contributed by atoms with Crippen LogP contribution in [-0.4, -0.2) is 73.2 Å². The molecule has 0 aliphatic carbocycles. The molecule has 0 spiro atoms. The standard InChI is InChI=1S/C30H36ClN5O4S/c1-19-5-6-23-26(13-19)35(28(38)16-32-23)12-11-34-9-7-20(8-10-34)36(29(39)40-30(2,3)4)17-25-22(31)15-27-24(33-25)14-21(37)18-41-27/h5-6,13,15-16,20H,7-12,14,17-18H2,1-4H3. The van der Waals surface area contributed by atoms with Crippen molar-refractivity contribution in [3.05, 3.63) is 62.8 Å². The van der Waals surface area contributed by atoms with Crippen molar-refractivity contribution in [1.82, 2.24) is 24.3 Å². The number of piperidine rings is 1. The van der Waals surface area contributed by atoms with Gasteiger partial charge in [0.25, 0.3) is 5.56 Å². The summed E-state index contributed by atoms with van der Waals surface area (Å²) < 4.78 is 7.58. The molecule has 1 saturated heterocycles. The quantitative estimate of drug-likeness (QED) is 0.397. The first kappa shape index (κ1) is 29.5. The number of nitrogens with zero attached hydrogens (tertiary/aromatic N) is 5. The fourth-order valence-corrected chi connectivity index (χ4v) is 6.51. The first-order valence-corrected chi connectivity index (χ1v) is 15.3. The van der Waals surface area contributed by atoms with Gasteiger partial charge in [0, 0.05) is 37.1 Å². The number of amides is 1. The normalized spacial score (nSPS) is 16.6. The minimum atomic E-state index is -0.648. The van der Waals surface area contributed by atoms with Crippen LogP contribution in [0.1, 0.15) is 50.6 Å². The molecular weight excluding hydrogens is 562 g/mol. The molecule has 218 valence electrons. The fourth-order valence-electron chi connectivity index (χ4n) is 5.33. The summed E-state index contributed by atoms with van der Waals surface area (Å²) in [6, 6.07) is 7.74. The number of halogens is 1. The Kier molecular flexibility index (Phi) is 8.73. The van der Waals surface area contributed by atoms with Gasteiger partial charge in [-0.1, -0.05) is 17.7 Å². The number of pyridine rings is 1. The number of Topliss-reactive ketones (excluding diaryl/α,β-unsaturated/α-hetero) is 1. The lowest BCUT2D eigenvalue weighted by molar-refractivity contribution is -0.116. The number of rotatable bonds is 6. The van der Waals surface area contributed by atoms with Crippen LogP contribution in [0, 0.1) is 6.92 Å². The van der Waals surface area contributed by atoms with Crippen LogP contribution in [-0.2, 0) is 29.0 Å². The first-order valence-electron chi connectivity index (χ1n) is 14.0. The molecule has 11 heteroatoms. The van der Waals surface area contributed by atoms with Gasteiger partial charge in [0.1, 0.15) is 11.4 Å². The molecule has 0 radical (unpaired) electrons. The average Bonchev–Trinajstić information content (AvgIpc) is 2.91. The number of hydrogen-bond donors (Lipinski definition) is 0. The smallest absolute Gasteiger partial charge is 0.410 e. The summed E-state index contributed by atoms with van der Waals surface area (Å²) in [6.07, 6.45) is 2.77. The second kappa shape index (κ2) is 12.1. The molecule has 1 aromatic carbocycles. The van der Waals surface area contributed by atoms with Crippen LogP contribution in [0.5, 0.6) is 0 Å². The predicted molar refractivity (Wildman–Crippen MR) is 161 cm³/mol. The van der Waals surface area contributed by atoms with Gasteiger partial charge in [0.05, 0.1) is 52.4 Å². The maximum atomic E-state index is 13.4. The van der Waals surface area contributed by atoms with E-state index < -0.39 is 11.7 Å². The minimum Gasteiger partial charge on any atom is -0.444 e. The summed E-state index contributed by atoms with van der Waals surface area (Å²) in [7, 11) is 0. The first-order chi connectivity index (χ1) is 19.5. The van der Waals surface area contributed by atoms with Crippen molar-refractivity contribution in [2.75, 3.05) is 25.4 Å². The van der Waals surface area contributed by atoms with E-state index in [0.717, 1.165) is 59.7 Å². The maximum Gasteiger partial charge on any atom is 0.410 e. The van der Waals surface area contributed by atoms with Crippen LogP contribution >= 0.6 is 23.4 Å². The summed E-state index contributed by atoms with van der Waals surface area (Å²) in [4.78, 5) is 52.1. The second-order valence-electron chi connectivity index (χ2n) is 11.8. The number of ketones is 1. The number of hydrogen-bond acceptors (Lipinski definition) is 8. The van der Waals surface area contributed by atoms with Gasteiger partial charge in [-0.3, -0.25) is 19.5 Å². The lowest BCUT2D eigenvalue weighted by Gasteiger charge is -2.39. The molecule has 2 aromatic heterocycles. The third-order valence-corrected chi connectivity index (χ3v) is 8.89. The van der Waals surface area contributed by atoms with Gasteiger partial charge >= 0.3 is 6.09 Å². The summed E-state index contributed by atoms with van der Waals surface area (Å²) >= 11 is 8.08. The van der Waals surface area contributed by atoms with E-state index in [4.69, 9.17) is 21.3 Å². The summed E-state index contributed by atoms with van der Waals surface area (Å²) in [6.45, 7) is 10.6. The number of ether oxygens (including phenoxy) is 1. The highest BCUT2D eigenvalue weighted by Gasteiger charge is 2.32. The van der Waals surface area contributed by atoms with Crippen LogP contribution in [0.4, 0.5) is 4.79 Å². The Hall–Kier alpha value is -2.95. The zero-order valence-electron chi connectivity index (χ0n) is 24.0. The van der Waals surface area contributed by atoms with Crippen LogP contribution in [0.3, 0.4) is 0 Å². The molecule has 1 amide bonds. The van der Waals surface area contributed by atoms with Gasteiger partial charge in [-0.15, -0.1) is 11.8 Å². The summed E-state index contributed by atoms with van der Waals surface area (Å²) in [5.41, 5.74) is 3.28. The van der Waals surface area contributed by atoms with Gasteiger partial charge < -0.3 is 14.2 Å². The largest absolute Gasteiger partial charge is 0.444 e. The Bertz CT molecular complexity index is 1530. The van der Waals surface area contributed by atoms with Gasteiger partial charge in [-0.25, -0.2) is 9.78 Å². The van der Waals surface area contributed by atoms with Crippen molar-refractivity contribution in [2.45, 2.75) is 76.6 Å². The monoisotopic (exact) mass is 597 g/mol. The molecule has 0 saturated carbocycles. The van der Waals surface area contributed by atoms with Gasteiger partial charge in [-0.05, 0) is 64.3 Å². The molecule has 0 bridgehead atoms. The zero-order chi connectivity index (χ0) is 29.3. The Morgan fingerprint density at radius 1 is 1.17 bits per heavy atom. The van der Waals surface area contributed by atoms with E-state index in [9.17, 15) is 14.4 Å². The van der Waals surface area contributed by atoms with E-state index in [1.54, 1.807) is 9.47 Å². The summed E-state index contributed by atoms with van der Waals surface area (Å²) in [5, 5.41) is 0.488. The van der Waals surface area contributed by atoms with E-state index in [0.29, 0.717) is 23.0 Å². The zero-order valence-corrected chi connectivity index (χ0v) is 25.6. The highest BCUT2D eigenvalue weighted by molar-refractivity contribution is 8.00. The van der Waals surface area contributed by atoms with E-state index >= 15 is 0 Å². The molecule has 1 fully saturated rings. The van der Waals surface area contributed by atoms with Crippen molar-refractivity contribution >= 4 is 46.3 Å². The van der Waals surface area contributed by atoms with Crippen molar-refractivity contribution in [2.24, 2.45) is 0 Å². The van der Waals surface area contributed by atoms with E-state index in [1.165, 1.54) is 18.0 Å². The number of benzene rings is 1. The number of carbonyl (C=O) groups is 2. The van der Waals surface area contributed by atoms with E-state index in [2.05, 4.69) is 9.88 Å². The molecule has 0 unspecified atom stereocenters. The predicted octanol–water partition coefficient (Wildman–Crippen LogP) is 4.87. The molecule has 9 nitrogen and oxygen atoms in total. The van der Waals surface area contributed by atoms with Crippen LogP contribution < -0.4 is 5.56 Å². The summed E-state index contributed by atoms with van der Waals surface area (Å²) in [5.74, 6) is 0.565. The van der Waals surface area contributed by atoms with Crippen molar-refractivity contribution in [1.29, 1.82) is 0 Å². The maximum absolute atomic E-state index is 13.4. The Morgan fingerprint density at radius 2 is 1.93 bits per heavy atom. The third-order valence-electron chi connectivity index (χ3n) is 7.43. The molecule has 5 rings (SSSR count). The molecule has 2 aliphatic heterocycles. The SMILES string of the molecule is Cc1ccc2ncc(=O)n(CCN3CCC(N(Cc4nc5c(cc4Cl)SCC(=O)C5)C(=O)OC(C)(C)C)CC3)c2c1. The number of aromatic nitrogens is 3. The van der Waals surface area contributed by atoms with E-state index in [1.807, 2.05) is 52.0 Å². The third kappa shape index (κ3) is 7.10. The number of fused-ring (bicyclic) bond motifs is 2. The van der Waals surface area contributed by atoms with Crippen LogP contribution in [0.15, 0.2) is 40.2 Å². The van der Waals surface area contributed by atoms with Crippen molar-refractivity contribution in [3.63, 3.8) is 0 Å². The molecule has 0 N–H and O–H groups in total. The Morgan fingerprint density at radius 3 is 2.66 bits per heavy atom. The van der Waals surface area contributed by atoms with E-state index in [-0.39, 0.29) is 30.3 Å². The Labute approximate surface area is 249 Å². The molecule has 4 heterocycles. The number of likely N-dealkylation sites (tertiary alicyclic amines) is 1. The average molecular weight is 598 g/mol. The molecule has 3 aromatic rings. The number of carbonyl (C=O) groups excluding carboxylic acids is 2. The number of thioether (sulfide) groups is 1. The second-order valence-corrected chi connectivity index (χ2v) is 13.2. The van der Waals surface area contributed by atoms with Crippen LogP contribution in [0.25, 0.3) is 11.0 Å². The van der Waals surface area contributed by atoms with Gasteiger partial charge in [0.2, 0.25) is 0 Å². The highest BCUT2D eigenvalue weighted by Crippen LogP contribution is 2.32. The minimum absolute atomic E-state index is 0.0573. The Balaban J connectivity index is 1.29. The van der Waals surface area contributed by atoms with Gasteiger partial charge in [0.15, 0.2) is 0 Å². The lowest BCUT2D eigenvalue weighted by Crippen LogP contribution is -2.49. The van der Waals surface area contributed by atoms with Crippen LogP contribution in [0.2, 0.25) is 5.02 Å². The molecular formula is C30H36ClN5O4S. The highest BCUT2D eigenvalue weighted by atomic mass is 35.5. The lowest BCUT2D eigenvalue weighted by atomic mass is 10.0. The molecule has 0 atom stereocenters. The molecule has 2 aliphatic rings. The molecule has 41 heavy (non-hydrogen) atoms. The topological polar surface area (TPSA) is 97.6 Å².